The second kappa shape index (κ2) is 9.80. The molecule has 3 heterocycles. The molecule has 0 radical (unpaired) electrons. The predicted molar refractivity (Wildman–Crippen MR) is 193 cm³/mol. The van der Waals surface area contributed by atoms with Crippen LogP contribution in [0.1, 0.15) is 0 Å². The lowest BCUT2D eigenvalue weighted by Gasteiger charge is -2.12. The minimum atomic E-state index is 0.604. The smallest absolute Gasteiger partial charge is 0.238 e. The lowest BCUT2D eigenvalue weighted by atomic mass is 10.0. The molecule has 0 aliphatic carbocycles. The van der Waals surface area contributed by atoms with Gasteiger partial charge in [0.25, 0.3) is 0 Å². The van der Waals surface area contributed by atoms with Crippen LogP contribution in [-0.2, 0) is 0 Å². The summed E-state index contributed by atoms with van der Waals surface area (Å²) < 4.78 is 4.74. The predicted octanol–water partition coefficient (Wildman–Crippen LogP) is 11.0. The van der Waals surface area contributed by atoms with Gasteiger partial charge in [0.1, 0.15) is 0 Å². The zero-order valence-corrected chi connectivity index (χ0v) is 25.4. The number of rotatable bonds is 3. The average molecular weight is 605 g/mol. The third-order valence-electron chi connectivity index (χ3n) is 9.01. The molecule has 0 aliphatic rings. The molecule has 5 heteroatoms. The van der Waals surface area contributed by atoms with Gasteiger partial charge in [0.2, 0.25) is 5.95 Å². The summed E-state index contributed by atoms with van der Waals surface area (Å²) in [5.74, 6) is 1.90. The Morgan fingerprint density at radius 3 is 1.91 bits per heavy atom. The Balaban J connectivity index is 1.32. The number of hydrogen-bond acceptors (Lipinski definition) is 4. The summed E-state index contributed by atoms with van der Waals surface area (Å²) in [5, 5.41) is 9.61. The van der Waals surface area contributed by atoms with Crippen LogP contribution in [0, 0.1) is 0 Å². The molecular formula is C41H24N4S. The highest BCUT2D eigenvalue weighted by atomic mass is 32.1. The molecule has 0 fully saturated rings. The van der Waals surface area contributed by atoms with Crippen molar-refractivity contribution < 1.29 is 0 Å². The van der Waals surface area contributed by atoms with E-state index in [1.165, 1.54) is 47.1 Å². The fourth-order valence-corrected chi connectivity index (χ4v) is 7.99. The zero-order valence-electron chi connectivity index (χ0n) is 24.6. The Morgan fingerprint density at radius 2 is 1.07 bits per heavy atom. The third-order valence-corrected chi connectivity index (χ3v) is 10.1. The maximum atomic E-state index is 5.26. The molecule has 0 N–H and O–H groups in total. The van der Waals surface area contributed by atoms with Gasteiger partial charge in [-0.25, -0.2) is 4.98 Å². The van der Waals surface area contributed by atoms with E-state index in [0.717, 1.165) is 27.5 Å². The van der Waals surface area contributed by atoms with Gasteiger partial charge in [-0.3, -0.25) is 4.57 Å². The Hall–Kier alpha value is -5.91. The van der Waals surface area contributed by atoms with Gasteiger partial charge in [-0.1, -0.05) is 121 Å². The van der Waals surface area contributed by atoms with E-state index < -0.39 is 0 Å². The van der Waals surface area contributed by atoms with Crippen LogP contribution in [0.15, 0.2) is 146 Å². The monoisotopic (exact) mass is 604 g/mol. The summed E-state index contributed by atoms with van der Waals surface area (Å²) in [4.78, 5) is 15.6. The molecule has 0 bridgehead atoms. The van der Waals surface area contributed by atoms with E-state index in [0.29, 0.717) is 17.6 Å². The van der Waals surface area contributed by atoms with E-state index >= 15 is 0 Å². The van der Waals surface area contributed by atoms with Gasteiger partial charge in [0.05, 0.1) is 11.0 Å². The van der Waals surface area contributed by atoms with Crippen molar-refractivity contribution in [2.24, 2.45) is 0 Å². The van der Waals surface area contributed by atoms with Crippen LogP contribution in [-0.4, -0.2) is 19.5 Å². The van der Waals surface area contributed by atoms with E-state index in [-0.39, 0.29) is 0 Å². The van der Waals surface area contributed by atoms with Crippen molar-refractivity contribution in [3.8, 4) is 28.7 Å². The van der Waals surface area contributed by atoms with Crippen molar-refractivity contribution in [1.29, 1.82) is 0 Å². The molecule has 7 aromatic carbocycles. The van der Waals surface area contributed by atoms with E-state index in [9.17, 15) is 0 Å². The minimum absolute atomic E-state index is 0.604. The van der Waals surface area contributed by atoms with Crippen molar-refractivity contribution in [2.45, 2.75) is 0 Å². The normalized spacial score (nSPS) is 11.9. The Morgan fingerprint density at radius 1 is 0.413 bits per heavy atom. The first-order valence-corrected chi connectivity index (χ1v) is 16.2. The SMILES string of the molecule is c1ccc(-c2nc(-c3ccc4c(c3)sc3ccccc34)nc(-n3c4cc5ccccc5cc4c4ccc5ccccc5c43)n2)cc1. The lowest BCUT2D eigenvalue weighted by Crippen LogP contribution is -2.06. The summed E-state index contributed by atoms with van der Waals surface area (Å²) in [7, 11) is 0. The molecule has 0 atom stereocenters. The molecule has 46 heavy (non-hydrogen) atoms. The average Bonchev–Trinajstić information content (AvgIpc) is 3.66. The van der Waals surface area contributed by atoms with Crippen molar-refractivity contribution in [3.63, 3.8) is 0 Å². The quantitative estimate of drug-likeness (QED) is 0.201. The number of thiophene rings is 1. The Kier molecular flexibility index (Phi) is 5.41. The van der Waals surface area contributed by atoms with Gasteiger partial charge < -0.3 is 0 Å². The number of nitrogens with zero attached hydrogens (tertiary/aromatic N) is 4. The van der Waals surface area contributed by atoms with Gasteiger partial charge in [0, 0.05) is 47.5 Å². The highest BCUT2D eigenvalue weighted by Crippen LogP contribution is 2.39. The van der Waals surface area contributed by atoms with Crippen LogP contribution in [0.2, 0.25) is 0 Å². The molecule has 0 amide bonds. The maximum Gasteiger partial charge on any atom is 0.238 e. The second-order valence-corrected chi connectivity index (χ2v) is 12.8. The molecule has 4 nitrogen and oxygen atoms in total. The van der Waals surface area contributed by atoms with Crippen LogP contribution in [0.5, 0.6) is 0 Å². The molecule has 0 aliphatic heterocycles. The fourth-order valence-electron chi connectivity index (χ4n) is 6.85. The summed E-state index contributed by atoms with van der Waals surface area (Å²) in [6.45, 7) is 0. The summed E-state index contributed by atoms with van der Waals surface area (Å²) in [5.41, 5.74) is 4.09. The van der Waals surface area contributed by atoms with Crippen molar-refractivity contribution >= 4 is 74.9 Å². The highest BCUT2D eigenvalue weighted by molar-refractivity contribution is 7.25. The molecule has 10 rings (SSSR count). The fraction of sp³-hybridized carbons (Fsp3) is 0. The van der Waals surface area contributed by atoms with Crippen LogP contribution >= 0.6 is 11.3 Å². The van der Waals surface area contributed by atoms with Crippen LogP contribution < -0.4 is 0 Å². The van der Waals surface area contributed by atoms with E-state index in [4.69, 9.17) is 15.0 Å². The number of benzene rings is 7. The Bertz CT molecular complexity index is 2810. The molecule has 0 spiro atoms. The van der Waals surface area contributed by atoms with Crippen LogP contribution in [0.4, 0.5) is 0 Å². The number of aromatic nitrogens is 4. The van der Waals surface area contributed by atoms with E-state index in [1.807, 2.05) is 18.2 Å². The minimum Gasteiger partial charge on any atom is -0.277 e. The third kappa shape index (κ3) is 3.82. The van der Waals surface area contributed by atoms with Gasteiger partial charge in [-0.2, -0.15) is 9.97 Å². The first kappa shape index (κ1) is 25.4. The summed E-state index contributed by atoms with van der Waals surface area (Å²) >= 11 is 1.80. The van der Waals surface area contributed by atoms with Crippen molar-refractivity contribution in [1.82, 2.24) is 19.5 Å². The summed E-state index contributed by atoms with van der Waals surface area (Å²) in [6, 6.07) is 51.5. The first-order valence-electron chi connectivity index (χ1n) is 15.4. The molecule has 214 valence electrons. The first-order chi connectivity index (χ1) is 22.8. The Labute approximate surface area is 267 Å². The molecule has 0 saturated carbocycles. The lowest BCUT2D eigenvalue weighted by molar-refractivity contribution is 0.955. The topological polar surface area (TPSA) is 43.6 Å². The van der Waals surface area contributed by atoms with Crippen molar-refractivity contribution in [3.05, 3.63) is 146 Å². The summed E-state index contributed by atoms with van der Waals surface area (Å²) in [6.07, 6.45) is 0. The van der Waals surface area contributed by atoms with Gasteiger partial charge in [0.15, 0.2) is 11.6 Å². The number of fused-ring (bicyclic) bond motifs is 9. The zero-order chi connectivity index (χ0) is 30.2. The largest absolute Gasteiger partial charge is 0.277 e. The van der Waals surface area contributed by atoms with Crippen molar-refractivity contribution in [2.75, 3.05) is 0 Å². The van der Waals surface area contributed by atoms with Crippen LogP contribution in [0.3, 0.4) is 0 Å². The van der Waals surface area contributed by atoms with Gasteiger partial charge in [-0.05, 0) is 40.4 Å². The molecule has 0 saturated heterocycles. The highest BCUT2D eigenvalue weighted by Gasteiger charge is 2.20. The maximum absolute atomic E-state index is 5.26. The van der Waals surface area contributed by atoms with E-state index in [2.05, 4.69) is 132 Å². The molecule has 3 aromatic heterocycles. The van der Waals surface area contributed by atoms with Gasteiger partial charge >= 0.3 is 0 Å². The van der Waals surface area contributed by atoms with Gasteiger partial charge in [-0.15, -0.1) is 11.3 Å². The molecule has 10 aromatic rings. The number of hydrogen-bond donors (Lipinski definition) is 0. The second-order valence-electron chi connectivity index (χ2n) is 11.7. The van der Waals surface area contributed by atoms with Crippen LogP contribution in [0.25, 0.3) is 92.2 Å². The van der Waals surface area contributed by atoms with E-state index in [1.54, 1.807) is 11.3 Å². The molecular weight excluding hydrogens is 581 g/mol. The molecule has 0 unspecified atom stereocenters. The standard InChI is InChI=1S/C41H24N4S/c1-2-11-26(12-3-1)39-42-40(29-19-20-32-31-16-8-9-17-36(31)46-37(32)24-29)44-41(43-39)45-35-23-28-14-5-4-13-27(28)22-34(35)33-21-18-25-10-6-7-15-30(25)38(33)45/h1-24H.